The molecule has 2 aromatic carbocycles. The Morgan fingerprint density at radius 3 is 2.78 bits per heavy atom. The third kappa shape index (κ3) is 3.90. The molecule has 23 heavy (non-hydrogen) atoms. The zero-order valence-corrected chi connectivity index (χ0v) is 12.7. The van der Waals surface area contributed by atoms with Crippen LogP contribution in [0.25, 0.3) is 11.0 Å². The molecule has 0 aliphatic heterocycles. The van der Waals surface area contributed by atoms with Gasteiger partial charge in [-0.1, -0.05) is 17.7 Å². The van der Waals surface area contributed by atoms with Gasteiger partial charge in [0.1, 0.15) is 11.3 Å². The van der Waals surface area contributed by atoms with E-state index in [1.807, 2.05) is 0 Å². The van der Waals surface area contributed by atoms with E-state index in [9.17, 15) is 9.59 Å². The number of amides is 1. The van der Waals surface area contributed by atoms with Gasteiger partial charge in [0.05, 0.1) is 0 Å². The molecule has 0 fully saturated rings. The summed E-state index contributed by atoms with van der Waals surface area (Å²) < 4.78 is 10.5. The number of halogens is 1. The summed E-state index contributed by atoms with van der Waals surface area (Å²) >= 11 is 5.85. The van der Waals surface area contributed by atoms with Gasteiger partial charge in [0, 0.05) is 28.2 Å². The predicted octanol–water partition coefficient (Wildman–Crippen LogP) is 3.46. The third-order valence-corrected chi connectivity index (χ3v) is 3.31. The molecule has 1 heterocycles. The second kappa shape index (κ2) is 6.54. The minimum atomic E-state index is -0.437. The highest BCUT2D eigenvalue weighted by Crippen LogP contribution is 2.19. The fourth-order valence-corrected chi connectivity index (χ4v) is 2.23. The van der Waals surface area contributed by atoms with E-state index in [4.69, 9.17) is 20.8 Å². The molecule has 6 heteroatoms. The molecule has 0 bridgehead atoms. The lowest BCUT2D eigenvalue weighted by Gasteiger charge is -2.08. The normalized spacial score (nSPS) is 10.5. The van der Waals surface area contributed by atoms with Gasteiger partial charge in [-0.15, -0.1) is 0 Å². The van der Waals surface area contributed by atoms with E-state index in [-0.39, 0.29) is 12.5 Å². The number of carbonyl (C=O) groups excluding carboxylic acids is 1. The summed E-state index contributed by atoms with van der Waals surface area (Å²) in [4.78, 5) is 23.1. The summed E-state index contributed by atoms with van der Waals surface area (Å²) in [5.41, 5.74) is 0.564. The first-order valence-corrected chi connectivity index (χ1v) is 7.20. The number of nitrogens with one attached hydrogen (secondary N) is 1. The topological polar surface area (TPSA) is 68.5 Å². The number of anilines is 1. The lowest BCUT2D eigenvalue weighted by molar-refractivity contribution is -0.118. The van der Waals surface area contributed by atoms with Crippen molar-refractivity contribution in [2.24, 2.45) is 0 Å². The first-order valence-electron chi connectivity index (χ1n) is 6.82. The van der Waals surface area contributed by atoms with Crippen molar-refractivity contribution in [1.29, 1.82) is 0 Å². The number of carbonyl (C=O) groups is 1. The maximum absolute atomic E-state index is 11.9. The summed E-state index contributed by atoms with van der Waals surface area (Å²) in [5, 5.41) is 3.99. The first-order chi connectivity index (χ1) is 11.1. The maximum atomic E-state index is 11.9. The number of hydrogen-bond acceptors (Lipinski definition) is 4. The van der Waals surface area contributed by atoms with Crippen LogP contribution in [0, 0.1) is 0 Å². The molecule has 0 atom stereocenters. The quantitative estimate of drug-likeness (QED) is 0.744. The van der Waals surface area contributed by atoms with E-state index in [1.165, 1.54) is 6.07 Å². The molecular formula is C17H12ClNO4. The largest absolute Gasteiger partial charge is 0.484 e. The highest BCUT2D eigenvalue weighted by Gasteiger charge is 2.06. The summed E-state index contributed by atoms with van der Waals surface area (Å²) in [7, 11) is 0. The molecule has 1 N–H and O–H groups in total. The molecule has 0 unspecified atom stereocenters. The average Bonchev–Trinajstić information content (AvgIpc) is 2.52. The Bertz CT molecular complexity index is 920. The molecule has 0 saturated carbocycles. The smallest absolute Gasteiger partial charge is 0.336 e. The molecule has 3 rings (SSSR count). The molecule has 5 nitrogen and oxygen atoms in total. The maximum Gasteiger partial charge on any atom is 0.336 e. The molecule has 0 aliphatic rings. The Labute approximate surface area is 136 Å². The fourth-order valence-electron chi connectivity index (χ4n) is 2.04. The highest BCUT2D eigenvalue weighted by atomic mass is 35.5. The molecule has 0 aliphatic carbocycles. The summed E-state index contributed by atoms with van der Waals surface area (Å²) in [6.45, 7) is -0.172. The Hall–Kier alpha value is -2.79. The lowest BCUT2D eigenvalue weighted by atomic mass is 10.2. The third-order valence-electron chi connectivity index (χ3n) is 3.07. The van der Waals surface area contributed by atoms with Crippen molar-refractivity contribution in [3.05, 3.63) is 70.0 Å². The molecule has 3 aromatic rings. The van der Waals surface area contributed by atoms with Crippen molar-refractivity contribution in [3.63, 3.8) is 0 Å². The minimum absolute atomic E-state index is 0.172. The van der Waals surface area contributed by atoms with Crippen LogP contribution in [0.3, 0.4) is 0 Å². The van der Waals surface area contributed by atoms with Gasteiger partial charge < -0.3 is 14.5 Å². The second-order valence-electron chi connectivity index (χ2n) is 4.80. The van der Waals surface area contributed by atoms with Crippen LogP contribution >= 0.6 is 11.6 Å². The zero-order valence-electron chi connectivity index (χ0n) is 11.9. The van der Waals surface area contributed by atoms with E-state index < -0.39 is 5.63 Å². The molecule has 0 spiro atoms. The van der Waals surface area contributed by atoms with Crippen LogP contribution < -0.4 is 15.7 Å². The summed E-state index contributed by atoms with van der Waals surface area (Å²) in [6.07, 6.45) is 0. The molecule has 1 aromatic heterocycles. The van der Waals surface area contributed by atoms with Crippen LogP contribution in [0.1, 0.15) is 0 Å². The monoisotopic (exact) mass is 329 g/mol. The Morgan fingerprint density at radius 2 is 1.96 bits per heavy atom. The standard InChI is InChI=1S/C17H12ClNO4/c18-12-2-1-3-13(8-12)19-16(20)10-22-14-6-4-11-5-7-17(21)23-15(11)9-14/h1-9H,10H2,(H,19,20). The molecule has 0 saturated heterocycles. The van der Waals surface area contributed by atoms with Gasteiger partial charge in [0.15, 0.2) is 6.61 Å². The zero-order chi connectivity index (χ0) is 16.2. The van der Waals surface area contributed by atoms with E-state index in [0.29, 0.717) is 22.0 Å². The van der Waals surface area contributed by atoms with E-state index in [2.05, 4.69) is 5.32 Å². The van der Waals surface area contributed by atoms with Crippen molar-refractivity contribution >= 4 is 34.2 Å². The fraction of sp³-hybridized carbons (Fsp3) is 0.0588. The molecule has 1 amide bonds. The number of ether oxygens (including phenoxy) is 1. The van der Waals surface area contributed by atoms with Crippen LogP contribution in [0.2, 0.25) is 5.02 Å². The van der Waals surface area contributed by atoms with Crippen LogP contribution in [0.15, 0.2) is 63.8 Å². The lowest BCUT2D eigenvalue weighted by Crippen LogP contribution is -2.20. The first kappa shape index (κ1) is 15.1. The van der Waals surface area contributed by atoms with Crippen molar-refractivity contribution in [2.75, 3.05) is 11.9 Å². The van der Waals surface area contributed by atoms with Gasteiger partial charge in [-0.2, -0.15) is 0 Å². The van der Waals surface area contributed by atoms with E-state index >= 15 is 0 Å². The van der Waals surface area contributed by atoms with Crippen LogP contribution in [-0.2, 0) is 4.79 Å². The molecule has 116 valence electrons. The van der Waals surface area contributed by atoms with Crippen LogP contribution in [-0.4, -0.2) is 12.5 Å². The van der Waals surface area contributed by atoms with Gasteiger partial charge in [0.2, 0.25) is 0 Å². The number of fused-ring (bicyclic) bond motifs is 1. The highest BCUT2D eigenvalue weighted by molar-refractivity contribution is 6.30. The number of benzene rings is 2. The summed E-state index contributed by atoms with van der Waals surface area (Å²) in [6, 6.07) is 14.9. The van der Waals surface area contributed by atoms with Crippen molar-refractivity contribution in [1.82, 2.24) is 0 Å². The van der Waals surface area contributed by atoms with Crippen molar-refractivity contribution in [2.45, 2.75) is 0 Å². The Morgan fingerprint density at radius 1 is 1.13 bits per heavy atom. The van der Waals surface area contributed by atoms with E-state index in [1.54, 1.807) is 48.5 Å². The van der Waals surface area contributed by atoms with Gasteiger partial charge in [-0.3, -0.25) is 4.79 Å². The summed E-state index contributed by atoms with van der Waals surface area (Å²) in [5.74, 6) is 0.120. The molecule has 0 radical (unpaired) electrons. The van der Waals surface area contributed by atoms with Gasteiger partial charge in [-0.25, -0.2) is 4.79 Å². The second-order valence-corrected chi connectivity index (χ2v) is 5.24. The Balaban J connectivity index is 1.65. The predicted molar refractivity (Wildman–Crippen MR) is 88.1 cm³/mol. The average molecular weight is 330 g/mol. The van der Waals surface area contributed by atoms with Crippen LogP contribution in [0.5, 0.6) is 5.75 Å². The van der Waals surface area contributed by atoms with Gasteiger partial charge in [0.25, 0.3) is 5.91 Å². The van der Waals surface area contributed by atoms with Gasteiger partial charge >= 0.3 is 5.63 Å². The van der Waals surface area contributed by atoms with Gasteiger partial charge in [-0.05, 0) is 36.4 Å². The number of rotatable bonds is 4. The van der Waals surface area contributed by atoms with Crippen molar-refractivity contribution < 1.29 is 13.9 Å². The Kier molecular flexibility index (Phi) is 4.30. The SMILES string of the molecule is O=C(COc1ccc2ccc(=O)oc2c1)Nc1cccc(Cl)c1. The van der Waals surface area contributed by atoms with Crippen LogP contribution in [0.4, 0.5) is 5.69 Å². The number of hydrogen-bond donors (Lipinski definition) is 1. The minimum Gasteiger partial charge on any atom is -0.484 e. The van der Waals surface area contributed by atoms with Crippen molar-refractivity contribution in [3.8, 4) is 5.75 Å². The molecular weight excluding hydrogens is 318 g/mol. The van der Waals surface area contributed by atoms with E-state index in [0.717, 1.165) is 5.39 Å².